The van der Waals surface area contributed by atoms with E-state index in [0.29, 0.717) is 17.7 Å². The van der Waals surface area contributed by atoms with Gasteiger partial charge in [0, 0.05) is 18.2 Å². The number of allylic oxidation sites excluding steroid dienone is 1. The molecule has 0 unspecified atom stereocenters. The van der Waals surface area contributed by atoms with Crippen molar-refractivity contribution in [3.8, 4) is 0 Å². The summed E-state index contributed by atoms with van der Waals surface area (Å²) in [4.78, 5) is 22.6. The Morgan fingerprint density at radius 3 is 2.71 bits per heavy atom. The zero-order valence-electron chi connectivity index (χ0n) is 9.40. The van der Waals surface area contributed by atoms with E-state index in [9.17, 15) is 9.59 Å². The first kappa shape index (κ1) is 11.4. The predicted octanol–water partition coefficient (Wildman–Crippen LogP) is 1.83. The zero-order chi connectivity index (χ0) is 12.3. The topological polar surface area (TPSA) is 72.2 Å². The molecule has 1 aliphatic rings. The van der Waals surface area contributed by atoms with Crippen LogP contribution in [0.5, 0.6) is 0 Å². The van der Waals surface area contributed by atoms with Crippen LogP contribution in [0.1, 0.15) is 29.6 Å². The highest BCUT2D eigenvalue weighted by Crippen LogP contribution is 2.21. The number of amides is 1. The van der Waals surface area contributed by atoms with Gasteiger partial charge >= 0.3 is 0 Å². The second-order valence-corrected chi connectivity index (χ2v) is 4.00. The monoisotopic (exact) mass is 230 g/mol. The first-order chi connectivity index (χ1) is 8.18. The Balaban J connectivity index is 2.19. The number of carbonyl (C=O) groups is 2. The van der Waals surface area contributed by atoms with Crippen LogP contribution in [0.3, 0.4) is 0 Å². The summed E-state index contributed by atoms with van der Waals surface area (Å²) < 4.78 is 0. The van der Waals surface area contributed by atoms with E-state index >= 15 is 0 Å². The van der Waals surface area contributed by atoms with Crippen molar-refractivity contribution in [2.24, 2.45) is 5.73 Å². The van der Waals surface area contributed by atoms with Gasteiger partial charge in [-0.05, 0) is 25.0 Å². The zero-order valence-corrected chi connectivity index (χ0v) is 9.40. The summed E-state index contributed by atoms with van der Waals surface area (Å²) in [6.45, 7) is 0. The first-order valence-electron chi connectivity index (χ1n) is 5.56. The Morgan fingerprint density at radius 2 is 2.06 bits per heavy atom. The molecule has 17 heavy (non-hydrogen) atoms. The van der Waals surface area contributed by atoms with Gasteiger partial charge in [0.2, 0.25) is 0 Å². The maximum Gasteiger partial charge on any atom is 0.250 e. The van der Waals surface area contributed by atoms with E-state index in [2.05, 4.69) is 5.32 Å². The van der Waals surface area contributed by atoms with Gasteiger partial charge in [-0.1, -0.05) is 12.1 Å². The number of nitrogens with one attached hydrogen (secondary N) is 1. The van der Waals surface area contributed by atoms with Crippen LogP contribution < -0.4 is 11.1 Å². The molecule has 0 heterocycles. The van der Waals surface area contributed by atoms with Crippen LogP contribution >= 0.6 is 0 Å². The molecule has 0 radical (unpaired) electrons. The van der Waals surface area contributed by atoms with Gasteiger partial charge in [-0.2, -0.15) is 0 Å². The third-order valence-electron chi connectivity index (χ3n) is 2.80. The molecule has 1 aromatic rings. The Hall–Kier alpha value is -2.10. The summed E-state index contributed by atoms with van der Waals surface area (Å²) in [6.07, 6.45) is 4.00. The van der Waals surface area contributed by atoms with Gasteiger partial charge in [-0.3, -0.25) is 9.59 Å². The molecule has 4 heteroatoms. The summed E-state index contributed by atoms with van der Waals surface area (Å²) in [7, 11) is 0. The van der Waals surface area contributed by atoms with Crippen molar-refractivity contribution in [2.75, 3.05) is 5.32 Å². The van der Waals surface area contributed by atoms with Gasteiger partial charge < -0.3 is 11.1 Å². The van der Waals surface area contributed by atoms with E-state index in [1.54, 1.807) is 24.4 Å². The van der Waals surface area contributed by atoms with Crippen LogP contribution in [0.4, 0.5) is 5.69 Å². The number of para-hydroxylation sites is 1. The molecule has 1 fully saturated rings. The number of ketones is 1. The lowest BCUT2D eigenvalue weighted by molar-refractivity contribution is -0.114. The van der Waals surface area contributed by atoms with Crippen molar-refractivity contribution in [1.82, 2.24) is 0 Å². The fourth-order valence-electron chi connectivity index (χ4n) is 1.88. The number of nitrogens with two attached hydrogens (primary N) is 1. The summed E-state index contributed by atoms with van der Waals surface area (Å²) in [6, 6.07) is 6.97. The Morgan fingerprint density at radius 1 is 1.29 bits per heavy atom. The number of carbonyl (C=O) groups excluding carboxylic acids is 2. The molecule has 0 saturated heterocycles. The van der Waals surface area contributed by atoms with Crippen LogP contribution in [0.2, 0.25) is 0 Å². The largest absolute Gasteiger partial charge is 0.366 e. The smallest absolute Gasteiger partial charge is 0.250 e. The third kappa shape index (κ3) is 2.53. The summed E-state index contributed by atoms with van der Waals surface area (Å²) in [5.74, 6) is -0.307. The minimum absolute atomic E-state index is 0.175. The molecule has 0 aromatic heterocycles. The molecule has 0 atom stereocenters. The van der Waals surface area contributed by atoms with Crippen LogP contribution in [0.25, 0.3) is 0 Å². The van der Waals surface area contributed by atoms with E-state index in [4.69, 9.17) is 5.73 Å². The molecular formula is C13H14N2O2. The molecule has 1 aliphatic carbocycles. The molecule has 0 spiro atoms. The molecule has 3 N–H and O–H groups in total. The fourth-order valence-corrected chi connectivity index (χ4v) is 1.88. The standard InChI is InChI=1S/C13H14N2O2/c14-13(17)10-5-1-2-6-11(10)15-8-9-4-3-7-12(9)16/h1-2,5-6,8,15H,3-4,7H2,(H2,14,17)/b9-8+. The fraction of sp³-hybridized carbons (Fsp3) is 0.231. The van der Waals surface area contributed by atoms with Crippen LogP contribution in [0.15, 0.2) is 36.0 Å². The second kappa shape index (κ2) is 4.82. The number of primary amides is 1. The van der Waals surface area contributed by atoms with Crippen molar-refractivity contribution in [2.45, 2.75) is 19.3 Å². The SMILES string of the molecule is NC(=O)c1ccccc1N/C=C1\CCCC1=O. The van der Waals surface area contributed by atoms with Gasteiger partial charge in [0.05, 0.1) is 11.3 Å². The molecule has 1 saturated carbocycles. The first-order valence-corrected chi connectivity index (χ1v) is 5.56. The minimum atomic E-state index is -0.482. The average Bonchev–Trinajstić information content (AvgIpc) is 2.72. The van der Waals surface area contributed by atoms with Crippen LogP contribution in [-0.4, -0.2) is 11.7 Å². The number of anilines is 1. The lowest BCUT2D eigenvalue weighted by Gasteiger charge is -2.06. The molecule has 1 amide bonds. The molecular weight excluding hydrogens is 216 g/mol. The second-order valence-electron chi connectivity index (χ2n) is 4.00. The van der Waals surface area contributed by atoms with Crippen LogP contribution in [0, 0.1) is 0 Å². The van der Waals surface area contributed by atoms with Crippen molar-refractivity contribution in [1.29, 1.82) is 0 Å². The van der Waals surface area contributed by atoms with Gasteiger partial charge in [0.25, 0.3) is 5.91 Å². The third-order valence-corrected chi connectivity index (χ3v) is 2.80. The Bertz CT molecular complexity index is 492. The van der Waals surface area contributed by atoms with Gasteiger partial charge in [-0.15, -0.1) is 0 Å². The van der Waals surface area contributed by atoms with E-state index in [-0.39, 0.29) is 5.78 Å². The van der Waals surface area contributed by atoms with Crippen molar-refractivity contribution >= 4 is 17.4 Å². The normalized spacial score (nSPS) is 17.4. The van der Waals surface area contributed by atoms with E-state index in [1.807, 2.05) is 6.07 Å². The molecule has 0 bridgehead atoms. The van der Waals surface area contributed by atoms with Crippen molar-refractivity contribution < 1.29 is 9.59 Å². The Labute approximate surface area is 99.5 Å². The highest BCUT2D eigenvalue weighted by atomic mass is 16.1. The minimum Gasteiger partial charge on any atom is -0.366 e. The molecule has 88 valence electrons. The Kier molecular flexibility index (Phi) is 3.23. The molecule has 0 aliphatic heterocycles. The van der Waals surface area contributed by atoms with Crippen molar-refractivity contribution in [3.05, 3.63) is 41.6 Å². The lowest BCUT2D eigenvalue weighted by Crippen LogP contribution is -2.13. The number of rotatable bonds is 3. The van der Waals surface area contributed by atoms with Crippen molar-refractivity contribution in [3.63, 3.8) is 0 Å². The summed E-state index contributed by atoms with van der Waals surface area (Å²) in [5, 5.41) is 2.98. The number of hydrogen-bond acceptors (Lipinski definition) is 3. The number of hydrogen-bond donors (Lipinski definition) is 2. The quantitative estimate of drug-likeness (QED) is 0.778. The van der Waals surface area contributed by atoms with E-state index in [0.717, 1.165) is 18.4 Å². The van der Waals surface area contributed by atoms with E-state index in [1.165, 1.54) is 0 Å². The van der Waals surface area contributed by atoms with Gasteiger partial charge in [0.15, 0.2) is 5.78 Å². The maximum absolute atomic E-state index is 11.4. The highest BCUT2D eigenvalue weighted by molar-refractivity contribution is 6.00. The predicted molar refractivity (Wildman–Crippen MR) is 65.5 cm³/mol. The van der Waals surface area contributed by atoms with Gasteiger partial charge in [-0.25, -0.2) is 0 Å². The summed E-state index contributed by atoms with van der Waals surface area (Å²) >= 11 is 0. The van der Waals surface area contributed by atoms with Gasteiger partial charge in [0.1, 0.15) is 0 Å². The maximum atomic E-state index is 11.4. The molecule has 2 rings (SSSR count). The lowest BCUT2D eigenvalue weighted by atomic mass is 10.1. The highest BCUT2D eigenvalue weighted by Gasteiger charge is 2.16. The van der Waals surface area contributed by atoms with Crippen LogP contribution in [-0.2, 0) is 4.79 Å². The number of benzene rings is 1. The number of Topliss-reactive ketones (excluding diaryl/α,β-unsaturated/α-hetero) is 1. The van der Waals surface area contributed by atoms with E-state index < -0.39 is 5.91 Å². The average molecular weight is 230 g/mol. The molecule has 1 aromatic carbocycles. The summed E-state index contributed by atoms with van der Waals surface area (Å²) in [5.41, 5.74) is 7.10. The molecule has 4 nitrogen and oxygen atoms in total.